The zero-order valence-electron chi connectivity index (χ0n) is 10.6. The van der Waals surface area contributed by atoms with Crippen LogP contribution < -0.4 is 5.73 Å². The lowest BCUT2D eigenvalue weighted by atomic mass is 9.77. The first kappa shape index (κ1) is 12.5. The van der Waals surface area contributed by atoms with Gasteiger partial charge in [-0.2, -0.15) is 0 Å². The molecule has 0 radical (unpaired) electrons. The molecule has 0 aliphatic heterocycles. The number of allylic oxidation sites excluding steroid dienone is 2. The fourth-order valence-corrected chi connectivity index (χ4v) is 2.14. The van der Waals surface area contributed by atoms with Crippen LogP contribution in [0.2, 0.25) is 0 Å². The van der Waals surface area contributed by atoms with Gasteiger partial charge in [-0.3, -0.25) is 10.1 Å². The second-order valence-electron chi connectivity index (χ2n) is 5.48. The van der Waals surface area contributed by atoms with Gasteiger partial charge in [0.1, 0.15) is 12.0 Å². The van der Waals surface area contributed by atoms with Crippen LogP contribution in [0.1, 0.15) is 38.7 Å². The number of pyridine rings is 1. The van der Waals surface area contributed by atoms with Crippen LogP contribution in [0.3, 0.4) is 0 Å². The third-order valence-electron chi connectivity index (χ3n) is 3.43. The Balaban J connectivity index is 2.37. The number of rotatable bonds is 2. The molecule has 0 unspecified atom stereocenters. The molecule has 18 heavy (non-hydrogen) atoms. The molecule has 0 saturated carbocycles. The maximum absolute atomic E-state index is 10.8. The van der Waals surface area contributed by atoms with E-state index in [-0.39, 0.29) is 5.69 Å². The van der Waals surface area contributed by atoms with Gasteiger partial charge in [-0.25, -0.2) is 4.98 Å². The summed E-state index contributed by atoms with van der Waals surface area (Å²) in [7, 11) is 0. The lowest BCUT2D eigenvalue weighted by Gasteiger charge is -2.28. The van der Waals surface area contributed by atoms with Gasteiger partial charge in [0.2, 0.25) is 0 Å². The molecule has 0 spiro atoms. The third-order valence-corrected chi connectivity index (χ3v) is 3.43. The van der Waals surface area contributed by atoms with Crippen molar-refractivity contribution in [1.29, 1.82) is 0 Å². The first-order chi connectivity index (χ1) is 8.39. The van der Waals surface area contributed by atoms with Crippen LogP contribution in [0.25, 0.3) is 5.57 Å². The first-order valence-corrected chi connectivity index (χ1v) is 5.98. The molecule has 2 rings (SSSR count). The predicted octanol–water partition coefficient (Wildman–Crippen LogP) is 3.17. The molecule has 0 amide bonds. The summed E-state index contributed by atoms with van der Waals surface area (Å²) < 4.78 is 0. The van der Waals surface area contributed by atoms with E-state index in [1.807, 2.05) is 0 Å². The molecule has 96 valence electrons. The lowest BCUT2D eigenvalue weighted by molar-refractivity contribution is -0.385. The summed E-state index contributed by atoms with van der Waals surface area (Å²) in [5, 5.41) is 10.8. The molecule has 5 nitrogen and oxygen atoms in total. The van der Waals surface area contributed by atoms with Gasteiger partial charge in [-0.15, -0.1) is 0 Å². The highest BCUT2D eigenvalue weighted by Gasteiger charge is 2.23. The normalized spacial score (nSPS) is 18.2. The molecule has 0 fully saturated rings. The minimum Gasteiger partial charge on any atom is -0.383 e. The number of hydrogen-bond donors (Lipinski definition) is 1. The van der Waals surface area contributed by atoms with Crippen molar-refractivity contribution < 1.29 is 4.92 Å². The van der Waals surface area contributed by atoms with Gasteiger partial charge in [-0.05, 0) is 30.3 Å². The van der Waals surface area contributed by atoms with E-state index in [1.54, 1.807) is 0 Å². The van der Waals surface area contributed by atoms with Crippen molar-refractivity contribution in [3.8, 4) is 0 Å². The maximum atomic E-state index is 10.8. The second kappa shape index (κ2) is 4.40. The summed E-state index contributed by atoms with van der Waals surface area (Å²) in [4.78, 5) is 14.2. The number of nitrogen functional groups attached to an aromatic ring is 1. The maximum Gasteiger partial charge on any atom is 0.288 e. The number of nitrogens with zero attached hydrogens (tertiary/aromatic N) is 2. The van der Waals surface area contributed by atoms with Crippen LogP contribution in [-0.4, -0.2) is 9.91 Å². The van der Waals surface area contributed by atoms with E-state index in [9.17, 15) is 10.1 Å². The summed E-state index contributed by atoms with van der Waals surface area (Å²) in [6.45, 7) is 4.44. The van der Waals surface area contributed by atoms with Crippen molar-refractivity contribution in [1.82, 2.24) is 4.98 Å². The van der Waals surface area contributed by atoms with E-state index in [2.05, 4.69) is 24.9 Å². The standard InChI is InChI=1S/C13H17N3O2/c1-13(2)5-3-9(4-6-13)11-7-10(16(17)18)8-15-12(11)14/h3,7-8H,4-6H2,1-2H3,(H2,14,15). The topological polar surface area (TPSA) is 82.0 Å². The molecule has 2 N–H and O–H groups in total. The van der Waals surface area contributed by atoms with Gasteiger partial charge in [0, 0.05) is 11.6 Å². The van der Waals surface area contributed by atoms with E-state index >= 15 is 0 Å². The Bertz CT molecular complexity index is 521. The molecule has 0 aromatic carbocycles. The monoisotopic (exact) mass is 247 g/mol. The molecule has 1 heterocycles. The van der Waals surface area contributed by atoms with E-state index in [0.29, 0.717) is 16.8 Å². The Morgan fingerprint density at radius 1 is 1.50 bits per heavy atom. The number of nitrogens with two attached hydrogens (primary N) is 1. The number of hydrogen-bond acceptors (Lipinski definition) is 4. The zero-order valence-corrected chi connectivity index (χ0v) is 10.6. The first-order valence-electron chi connectivity index (χ1n) is 5.98. The van der Waals surface area contributed by atoms with Crippen LogP contribution in [0, 0.1) is 15.5 Å². The average Bonchev–Trinajstić information content (AvgIpc) is 2.30. The summed E-state index contributed by atoms with van der Waals surface area (Å²) in [5.41, 5.74) is 7.88. The SMILES string of the molecule is CC1(C)CC=C(c2cc([N+](=O)[O-])cnc2N)CC1. The van der Waals surface area contributed by atoms with E-state index in [4.69, 9.17) is 5.73 Å². The number of aromatic nitrogens is 1. The third kappa shape index (κ3) is 2.50. The van der Waals surface area contributed by atoms with E-state index in [0.717, 1.165) is 24.8 Å². The Kier molecular flexibility index (Phi) is 3.07. The van der Waals surface area contributed by atoms with Crippen LogP contribution in [0.5, 0.6) is 0 Å². The van der Waals surface area contributed by atoms with Crippen LogP contribution >= 0.6 is 0 Å². The molecule has 0 saturated heterocycles. The van der Waals surface area contributed by atoms with Gasteiger partial charge >= 0.3 is 0 Å². The molecule has 1 aromatic rings. The highest BCUT2D eigenvalue weighted by molar-refractivity contribution is 5.75. The molecule has 1 aliphatic rings. The van der Waals surface area contributed by atoms with Gasteiger partial charge in [0.25, 0.3) is 5.69 Å². The average molecular weight is 247 g/mol. The number of nitro groups is 1. The highest BCUT2D eigenvalue weighted by Crippen LogP contribution is 2.39. The van der Waals surface area contributed by atoms with Crippen molar-refractivity contribution in [3.63, 3.8) is 0 Å². The molecular formula is C13H17N3O2. The highest BCUT2D eigenvalue weighted by atomic mass is 16.6. The summed E-state index contributed by atoms with van der Waals surface area (Å²) >= 11 is 0. The quantitative estimate of drug-likeness (QED) is 0.642. The summed E-state index contributed by atoms with van der Waals surface area (Å²) in [6, 6.07) is 1.52. The minimum absolute atomic E-state index is 0.00932. The predicted molar refractivity (Wildman–Crippen MR) is 70.9 cm³/mol. The Labute approximate surface area is 106 Å². The van der Waals surface area contributed by atoms with Gasteiger partial charge in [-0.1, -0.05) is 19.9 Å². The van der Waals surface area contributed by atoms with Crippen molar-refractivity contribution in [2.75, 3.05) is 5.73 Å². The fraction of sp³-hybridized carbons (Fsp3) is 0.462. The minimum atomic E-state index is -0.441. The van der Waals surface area contributed by atoms with Crippen LogP contribution in [-0.2, 0) is 0 Å². The summed E-state index contributed by atoms with van der Waals surface area (Å²) in [6.07, 6.45) is 6.23. The molecule has 1 aliphatic carbocycles. The lowest BCUT2D eigenvalue weighted by Crippen LogP contribution is -2.14. The van der Waals surface area contributed by atoms with E-state index < -0.39 is 4.92 Å². The Hall–Kier alpha value is -1.91. The molecule has 1 aromatic heterocycles. The molecule has 5 heteroatoms. The van der Waals surface area contributed by atoms with Crippen molar-refractivity contribution >= 4 is 17.1 Å². The van der Waals surface area contributed by atoms with Gasteiger partial charge in [0.15, 0.2) is 0 Å². The van der Waals surface area contributed by atoms with Gasteiger partial charge in [0.05, 0.1) is 4.92 Å². The van der Waals surface area contributed by atoms with Crippen molar-refractivity contribution in [2.45, 2.75) is 33.1 Å². The van der Waals surface area contributed by atoms with Crippen molar-refractivity contribution in [2.24, 2.45) is 5.41 Å². The van der Waals surface area contributed by atoms with Gasteiger partial charge < -0.3 is 5.73 Å². The van der Waals surface area contributed by atoms with Crippen LogP contribution in [0.15, 0.2) is 18.3 Å². The Morgan fingerprint density at radius 3 is 2.78 bits per heavy atom. The summed E-state index contributed by atoms with van der Waals surface area (Å²) in [5.74, 6) is 0.367. The molecular weight excluding hydrogens is 230 g/mol. The number of anilines is 1. The second-order valence-corrected chi connectivity index (χ2v) is 5.48. The van der Waals surface area contributed by atoms with E-state index in [1.165, 1.54) is 12.3 Å². The van der Waals surface area contributed by atoms with Crippen LogP contribution in [0.4, 0.5) is 11.5 Å². The largest absolute Gasteiger partial charge is 0.383 e. The smallest absolute Gasteiger partial charge is 0.288 e. The Morgan fingerprint density at radius 2 is 2.22 bits per heavy atom. The molecule has 0 bridgehead atoms. The van der Waals surface area contributed by atoms with Crippen molar-refractivity contribution in [3.05, 3.63) is 34.0 Å². The molecule has 0 atom stereocenters. The zero-order chi connectivity index (χ0) is 13.3. The fourth-order valence-electron chi connectivity index (χ4n) is 2.14.